The lowest BCUT2D eigenvalue weighted by molar-refractivity contribution is 0.669. The third-order valence-electron chi connectivity index (χ3n) is 7.69. The third-order valence-corrected chi connectivity index (χ3v) is 7.69. The van der Waals surface area contributed by atoms with Crippen molar-refractivity contribution in [3.05, 3.63) is 169 Å². The van der Waals surface area contributed by atoms with Gasteiger partial charge in [-0.1, -0.05) is 145 Å². The van der Waals surface area contributed by atoms with Gasteiger partial charge in [-0.05, 0) is 84.7 Å². The van der Waals surface area contributed by atoms with E-state index in [2.05, 4.69) is 0 Å². The molecule has 0 amide bonds. The van der Waals surface area contributed by atoms with E-state index >= 15 is 0 Å². The molecule has 0 aliphatic heterocycles. The van der Waals surface area contributed by atoms with Gasteiger partial charge in [0.1, 0.15) is 11.2 Å². The molecule has 0 unspecified atom stereocenters. The second-order valence-corrected chi connectivity index (χ2v) is 10.1. The van der Waals surface area contributed by atoms with E-state index in [1.807, 2.05) is 0 Å². The van der Waals surface area contributed by atoms with Crippen LogP contribution in [-0.2, 0) is 0 Å². The maximum absolute atomic E-state index is 9.71. The highest BCUT2D eigenvalue weighted by Gasteiger charge is 2.22. The van der Waals surface area contributed by atoms with Gasteiger partial charge in [0.15, 0.2) is 0 Å². The van der Waals surface area contributed by atoms with Crippen LogP contribution in [0.1, 0.15) is 27.4 Å². The summed E-state index contributed by atoms with van der Waals surface area (Å²) >= 11 is 0. The van der Waals surface area contributed by atoms with Crippen molar-refractivity contribution in [3.63, 3.8) is 0 Å². The smallest absolute Gasteiger partial charge is 0.136 e. The van der Waals surface area contributed by atoms with Gasteiger partial charge in [-0.2, -0.15) is 0 Å². The Kier molecular flexibility index (Phi) is 2.90. The summed E-state index contributed by atoms with van der Waals surface area (Å²) in [5.41, 5.74) is -2.76. The molecule has 0 saturated carbocycles. The third kappa shape index (κ3) is 4.09. The summed E-state index contributed by atoms with van der Waals surface area (Å²) in [6.07, 6.45) is 0. The Morgan fingerprint density at radius 2 is 0.933 bits per heavy atom. The molecule has 1 nitrogen and oxygen atoms in total. The van der Waals surface area contributed by atoms with Crippen molar-refractivity contribution in [1.29, 1.82) is 0 Å². The molecule has 1 heteroatoms. The molecule has 0 fully saturated rings. The van der Waals surface area contributed by atoms with Crippen molar-refractivity contribution in [3.8, 4) is 44.5 Å². The average molecular weight is 593 g/mol. The van der Waals surface area contributed by atoms with E-state index in [0.29, 0.717) is 0 Å². The largest absolute Gasteiger partial charge is 0.456 e. The maximum Gasteiger partial charge on any atom is 0.136 e. The summed E-state index contributed by atoms with van der Waals surface area (Å²) < 4.78 is 183. The number of rotatable bonds is 4. The second-order valence-electron chi connectivity index (χ2n) is 10.1. The lowest BCUT2D eigenvalue weighted by Crippen LogP contribution is -1.93. The quantitative estimate of drug-likeness (QED) is 0.185. The second kappa shape index (κ2) is 10.4. The first-order chi connectivity index (χ1) is 30.7. The Hall–Kier alpha value is -5.92. The number of hydrogen-bond acceptors (Lipinski definition) is 1. The number of furan rings is 1. The normalized spacial score (nSPS) is 17.8. The molecule has 0 aliphatic carbocycles. The topological polar surface area (TPSA) is 13.1 Å². The first kappa shape index (κ1) is 12.6. The van der Waals surface area contributed by atoms with E-state index in [1.54, 1.807) is 48.5 Å². The zero-order valence-corrected chi connectivity index (χ0v) is 23.0. The van der Waals surface area contributed by atoms with E-state index in [-0.39, 0.29) is 60.1 Å². The van der Waals surface area contributed by atoms with Crippen LogP contribution in [0, 0.1) is 0 Å². The fourth-order valence-corrected chi connectivity index (χ4v) is 5.90. The monoisotopic (exact) mass is 592 g/mol. The van der Waals surface area contributed by atoms with E-state index < -0.39 is 149 Å². The van der Waals surface area contributed by atoms with Gasteiger partial charge in [0.25, 0.3) is 0 Å². The van der Waals surface area contributed by atoms with Gasteiger partial charge in [-0.25, -0.2) is 0 Å². The molecular weight excluding hydrogens is 544 g/mol. The van der Waals surface area contributed by atoms with E-state index in [0.717, 1.165) is 0 Å². The van der Waals surface area contributed by atoms with Crippen LogP contribution in [0.4, 0.5) is 0 Å². The lowest BCUT2D eigenvalue weighted by atomic mass is 9.82. The van der Waals surface area contributed by atoms with Gasteiger partial charge in [0.05, 0.1) is 27.4 Å². The van der Waals surface area contributed by atoms with Crippen molar-refractivity contribution in [2.24, 2.45) is 0 Å². The Labute approximate surface area is 289 Å². The van der Waals surface area contributed by atoms with Crippen molar-refractivity contribution < 1.29 is 31.8 Å². The fraction of sp³-hybridized carbons (Fsp3) is 0. The van der Waals surface area contributed by atoms with Crippen LogP contribution in [0.25, 0.3) is 88.0 Å². The van der Waals surface area contributed by atoms with Crippen molar-refractivity contribution in [1.82, 2.24) is 0 Å². The Morgan fingerprint density at radius 1 is 0.378 bits per heavy atom. The summed E-state index contributed by atoms with van der Waals surface area (Å²) in [5.74, 6) is 0. The predicted molar refractivity (Wildman–Crippen MR) is 190 cm³/mol. The van der Waals surface area contributed by atoms with Gasteiger partial charge >= 0.3 is 0 Å². The van der Waals surface area contributed by atoms with Crippen molar-refractivity contribution in [2.75, 3.05) is 0 Å². The minimum atomic E-state index is -0.758. The van der Waals surface area contributed by atoms with Gasteiger partial charge < -0.3 is 4.42 Å². The number of fused-ring (bicyclic) bond motifs is 5. The van der Waals surface area contributed by atoms with Crippen LogP contribution < -0.4 is 0 Å². The number of hydrogen-bond donors (Lipinski definition) is 0. The predicted octanol–water partition coefficient (Wildman–Crippen LogP) is 12.6. The minimum Gasteiger partial charge on any atom is -0.456 e. The highest BCUT2D eigenvalue weighted by atomic mass is 16.3. The maximum atomic E-state index is 9.71. The van der Waals surface area contributed by atoms with Crippen LogP contribution in [0.15, 0.2) is 174 Å². The summed E-state index contributed by atoms with van der Waals surface area (Å²) in [7, 11) is 0. The van der Waals surface area contributed by atoms with Crippen LogP contribution in [0.5, 0.6) is 0 Å². The zero-order valence-electron chi connectivity index (χ0n) is 43.0. The van der Waals surface area contributed by atoms with Crippen LogP contribution in [0.3, 0.4) is 0 Å². The van der Waals surface area contributed by atoms with Gasteiger partial charge in [-0.3, -0.25) is 0 Å². The standard InChI is InChI=1S/C44H28O/c1-3-14-29(15-4-1)31-18-13-19-32(28-31)41-33-20-7-9-22-35(33)43(36-23-10-8-21-34(36)41)38-26-27-40-44(37-24-11-12-25-39(37)45-40)42(38)30-16-5-2-6-17-30/h1-28H/i1D,2D,3D,4D,5D,6D,11D,12D,13D,14D,15D,16D,17D,18D,19D,24D,25D,26D,27D,28D. The molecule has 1 heterocycles. The fourth-order valence-electron chi connectivity index (χ4n) is 5.90. The average Bonchev–Trinajstić information content (AvgIpc) is 3.70. The molecule has 0 bridgehead atoms. The van der Waals surface area contributed by atoms with E-state index in [4.69, 9.17) is 23.6 Å². The van der Waals surface area contributed by atoms with Crippen molar-refractivity contribution >= 4 is 43.5 Å². The first-order valence-corrected chi connectivity index (χ1v) is 13.8. The molecule has 9 aromatic rings. The summed E-state index contributed by atoms with van der Waals surface area (Å²) in [4.78, 5) is 0. The number of para-hydroxylation sites is 1. The highest BCUT2D eigenvalue weighted by Crippen LogP contribution is 2.49. The zero-order chi connectivity index (χ0) is 47.1. The summed E-state index contributed by atoms with van der Waals surface area (Å²) in [6.45, 7) is 0. The molecule has 210 valence electrons. The minimum absolute atomic E-state index is 0.128. The number of benzene rings is 8. The summed E-state index contributed by atoms with van der Waals surface area (Å²) in [5, 5.41) is 0.453. The van der Waals surface area contributed by atoms with Gasteiger partial charge in [0.2, 0.25) is 0 Å². The molecular formula is C44H28O. The molecule has 8 aromatic carbocycles. The van der Waals surface area contributed by atoms with Crippen molar-refractivity contribution in [2.45, 2.75) is 0 Å². The summed E-state index contributed by atoms with van der Waals surface area (Å²) in [6, 6.07) is -0.936. The SMILES string of the molecule is [2H]c1c([2H])c([2H])c(-c2c([2H])c([2H])c([2H])c(-c3c4ccccc4c(-c4c([2H])c([2H])c5oc6c([2H])c([2H])c([2H])c([2H])c6c5c4-c4c([2H])c([2H])c([2H])c([2H])c4[2H])c4ccccc34)c2[2H])c([2H])c1[2H]. The van der Waals surface area contributed by atoms with Gasteiger partial charge in [0, 0.05) is 16.3 Å². The Balaban J connectivity index is 1.54. The van der Waals surface area contributed by atoms with Crippen LogP contribution in [0.2, 0.25) is 0 Å². The molecule has 0 saturated heterocycles. The van der Waals surface area contributed by atoms with Crippen LogP contribution >= 0.6 is 0 Å². The molecule has 9 rings (SSSR count). The molecule has 0 N–H and O–H groups in total. The molecule has 0 atom stereocenters. The van der Waals surface area contributed by atoms with Crippen LogP contribution in [-0.4, -0.2) is 0 Å². The Morgan fingerprint density at radius 3 is 1.62 bits per heavy atom. The highest BCUT2D eigenvalue weighted by molar-refractivity contribution is 6.25. The first-order valence-electron chi connectivity index (χ1n) is 23.8. The molecule has 0 spiro atoms. The van der Waals surface area contributed by atoms with Gasteiger partial charge in [-0.15, -0.1) is 0 Å². The van der Waals surface area contributed by atoms with E-state index in [9.17, 15) is 8.22 Å². The molecule has 1 aromatic heterocycles. The lowest BCUT2D eigenvalue weighted by Gasteiger charge is -2.20. The van der Waals surface area contributed by atoms with E-state index in [1.165, 1.54) is 0 Å². The molecule has 45 heavy (non-hydrogen) atoms. The molecule has 0 radical (unpaired) electrons. The Bertz CT molecular complexity index is 3550. The molecule has 0 aliphatic rings.